The summed E-state index contributed by atoms with van der Waals surface area (Å²) in [7, 11) is -3.87. The average Bonchev–Trinajstić information content (AvgIpc) is 2.98. The van der Waals surface area contributed by atoms with Crippen LogP contribution in [-0.4, -0.2) is 48.4 Å². The summed E-state index contributed by atoms with van der Waals surface area (Å²) < 4.78 is 28.8. The van der Waals surface area contributed by atoms with Gasteiger partial charge in [0, 0.05) is 29.7 Å². The van der Waals surface area contributed by atoms with Crippen LogP contribution in [0.5, 0.6) is 0 Å². The van der Waals surface area contributed by atoms with Gasteiger partial charge in [-0.2, -0.15) is 13.5 Å². The first-order chi connectivity index (χ1) is 15.0. The topological polar surface area (TPSA) is 134 Å². The molecule has 1 amide bonds. The summed E-state index contributed by atoms with van der Waals surface area (Å²) in [6, 6.07) is 12.1. The number of hydrogen-bond donors (Lipinski definition) is 1. The molecule has 1 heterocycles. The second-order valence-corrected chi connectivity index (χ2v) is 9.72. The molecular formula is C21H23N5O5S. The number of sulfonamides is 1. The molecule has 168 valence electrons. The van der Waals surface area contributed by atoms with Crippen molar-refractivity contribution >= 4 is 33.7 Å². The number of rotatable bonds is 6. The SMILES string of the molecule is CC(C)(C)NC(=O)CCN(N=Cc1ccc([N+](=O)[O-])cc1)C1=NS(=O)(=O)c2ccccc21. The van der Waals surface area contributed by atoms with Crippen LogP contribution in [0.4, 0.5) is 5.69 Å². The molecule has 0 bridgehead atoms. The van der Waals surface area contributed by atoms with Gasteiger partial charge in [0.2, 0.25) is 5.91 Å². The molecule has 0 radical (unpaired) electrons. The summed E-state index contributed by atoms with van der Waals surface area (Å²) in [6.45, 7) is 5.66. The maximum absolute atomic E-state index is 12.5. The van der Waals surface area contributed by atoms with Crippen molar-refractivity contribution in [3.8, 4) is 0 Å². The Kier molecular flexibility index (Phi) is 6.40. The highest BCUT2D eigenvalue weighted by atomic mass is 32.2. The second-order valence-electron chi connectivity index (χ2n) is 8.15. The number of carbonyl (C=O) groups excluding carboxylic acids is 1. The van der Waals surface area contributed by atoms with Gasteiger partial charge in [0.25, 0.3) is 15.7 Å². The highest BCUT2D eigenvalue weighted by molar-refractivity contribution is 7.90. The Hall–Kier alpha value is -3.60. The minimum absolute atomic E-state index is 0.0517. The van der Waals surface area contributed by atoms with E-state index in [-0.39, 0.29) is 35.3 Å². The Bertz CT molecular complexity index is 1200. The molecule has 1 aliphatic heterocycles. The standard InChI is InChI=1S/C21H23N5O5S/c1-21(2,3)23-19(27)12-13-25(22-14-15-8-10-16(11-9-15)26(28)29)20-17-6-4-5-7-18(17)32(30,31)24-20/h4-11,14H,12-13H2,1-3H3,(H,23,27). The van der Waals surface area contributed by atoms with E-state index in [4.69, 9.17) is 0 Å². The molecule has 0 aliphatic carbocycles. The molecule has 32 heavy (non-hydrogen) atoms. The van der Waals surface area contributed by atoms with Crippen LogP contribution in [0.25, 0.3) is 0 Å². The van der Waals surface area contributed by atoms with Crippen LogP contribution in [0.2, 0.25) is 0 Å². The highest BCUT2D eigenvalue weighted by Crippen LogP contribution is 2.27. The largest absolute Gasteiger partial charge is 0.351 e. The maximum atomic E-state index is 12.5. The van der Waals surface area contributed by atoms with Crippen molar-refractivity contribution in [1.82, 2.24) is 10.3 Å². The normalized spacial score (nSPS) is 14.7. The Morgan fingerprint density at radius 1 is 1.19 bits per heavy atom. The number of fused-ring (bicyclic) bond motifs is 1. The van der Waals surface area contributed by atoms with Crippen molar-refractivity contribution in [1.29, 1.82) is 0 Å². The van der Waals surface area contributed by atoms with Gasteiger partial charge >= 0.3 is 0 Å². The number of amides is 1. The molecule has 0 spiro atoms. The molecule has 0 saturated carbocycles. The zero-order valence-electron chi connectivity index (χ0n) is 17.8. The number of hydrazone groups is 1. The van der Waals surface area contributed by atoms with Crippen molar-refractivity contribution in [2.75, 3.05) is 6.54 Å². The highest BCUT2D eigenvalue weighted by Gasteiger charge is 2.32. The monoisotopic (exact) mass is 457 g/mol. The van der Waals surface area contributed by atoms with Gasteiger partial charge in [0.05, 0.1) is 17.7 Å². The molecule has 3 rings (SSSR count). The molecule has 10 nitrogen and oxygen atoms in total. The molecule has 0 saturated heterocycles. The van der Waals surface area contributed by atoms with E-state index < -0.39 is 20.5 Å². The van der Waals surface area contributed by atoms with Crippen molar-refractivity contribution in [3.05, 3.63) is 69.8 Å². The number of benzene rings is 2. The van der Waals surface area contributed by atoms with Gasteiger partial charge < -0.3 is 5.32 Å². The molecule has 2 aromatic carbocycles. The van der Waals surface area contributed by atoms with Gasteiger partial charge in [-0.3, -0.25) is 14.9 Å². The molecule has 0 atom stereocenters. The summed E-state index contributed by atoms with van der Waals surface area (Å²) in [5, 5.41) is 19.4. The Morgan fingerprint density at radius 2 is 1.84 bits per heavy atom. The summed E-state index contributed by atoms with van der Waals surface area (Å²) in [5.41, 5.74) is 0.488. The lowest BCUT2D eigenvalue weighted by Crippen LogP contribution is -2.42. The lowest BCUT2D eigenvalue weighted by Gasteiger charge is -2.22. The first-order valence-electron chi connectivity index (χ1n) is 9.78. The van der Waals surface area contributed by atoms with Crippen molar-refractivity contribution < 1.29 is 18.1 Å². The van der Waals surface area contributed by atoms with Crippen molar-refractivity contribution in [3.63, 3.8) is 0 Å². The predicted molar refractivity (Wildman–Crippen MR) is 120 cm³/mol. The van der Waals surface area contributed by atoms with Crippen LogP contribution in [0.3, 0.4) is 0 Å². The number of carbonyl (C=O) groups is 1. The second kappa shape index (κ2) is 8.87. The van der Waals surface area contributed by atoms with Gasteiger partial charge in [0.15, 0.2) is 5.84 Å². The zero-order valence-corrected chi connectivity index (χ0v) is 18.7. The summed E-state index contributed by atoms with van der Waals surface area (Å²) in [6.07, 6.45) is 1.48. The molecule has 1 N–H and O–H groups in total. The fourth-order valence-corrected chi connectivity index (χ4v) is 4.21. The van der Waals surface area contributed by atoms with Crippen LogP contribution < -0.4 is 5.32 Å². The quantitative estimate of drug-likeness (QED) is 0.403. The smallest absolute Gasteiger partial charge is 0.285 e. The molecular weight excluding hydrogens is 434 g/mol. The molecule has 11 heteroatoms. The number of non-ortho nitro benzene ring substituents is 1. The van der Waals surface area contributed by atoms with Crippen LogP contribution in [0.1, 0.15) is 38.3 Å². The van der Waals surface area contributed by atoms with Crippen molar-refractivity contribution in [2.24, 2.45) is 9.50 Å². The first-order valence-corrected chi connectivity index (χ1v) is 11.2. The minimum atomic E-state index is -3.87. The Morgan fingerprint density at radius 3 is 2.47 bits per heavy atom. The lowest BCUT2D eigenvalue weighted by atomic mass is 10.1. The maximum Gasteiger partial charge on any atom is 0.285 e. The summed E-state index contributed by atoms with van der Waals surface area (Å²) >= 11 is 0. The van der Waals surface area contributed by atoms with Crippen LogP contribution in [-0.2, 0) is 14.8 Å². The van der Waals surface area contributed by atoms with E-state index in [1.807, 2.05) is 20.8 Å². The predicted octanol–water partition coefficient (Wildman–Crippen LogP) is 2.68. The van der Waals surface area contributed by atoms with Gasteiger partial charge in [0.1, 0.15) is 4.90 Å². The van der Waals surface area contributed by atoms with E-state index in [2.05, 4.69) is 14.8 Å². The Labute approximate surface area is 185 Å². The first kappa shape index (κ1) is 23.1. The molecule has 0 aromatic heterocycles. The number of nitrogens with one attached hydrogen (secondary N) is 1. The minimum Gasteiger partial charge on any atom is -0.351 e. The molecule has 2 aromatic rings. The van der Waals surface area contributed by atoms with Gasteiger partial charge in [-0.25, -0.2) is 5.01 Å². The fraction of sp³-hybridized carbons (Fsp3) is 0.286. The summed E-state index contributed by atoms with van der Waals surface area (Å²) in [5.74, 6) is -0.106. The lowest BCUT2D eigenvalue weighted by molar-refractivity contribution is -0.384. The molecule has 0 unspecified atom stereocenters. The van der Waals surface area contributed by atoms with E-state index >= 15 is 0 Å². The van der Waals surface area contributed by atoms with E-state index in [0.29, 0.717) is 11.1 Å². The third-order valence-electron chi connectivity index (χ3n) is 4.37. The number of hydrogen-bond acceptors (Lipinski definition) is 7. The fourth-order valence-electron chi connectivity index (χ4n) is 3.00. The molecule has 1 aliphatic rings. The van der Waals surface area contributed by atoms with Crippen LogP contribution in [0, 0.1) is 10.1 Å². The van der Waals surface area contributed by atoms with E-state index in [0.717, 1.165) is 0 Å². The average molecular weight is 458 g/mol. The van der Waals surface area contributed by atoms with E-state index in [1.165, 1.54) is 41.6 Å². The number of nitro benzene ring substituents is 1. The summed E-state index contributed by atoms with van der Waals surface area (Å²) in [4.78, 5) is 22.7. The number of nitrogens with zero attached hydrogens (tertiary/aromatic N) is 4. The van der Waals surface area contributed by atoms with E-state index in [1.54, 1.807) is 18.2 Å². The van der Waals surface area contributed by atoms with Gasteiger partial charge in [-0.05, 0) is 50.6 Å². The van der Waals surface area contributed by atoms with E-state index in [9.17, 15) is 23.3 Å². The number of amidine groups is 1. The van der Waals surface area contributed by atoms with Crippen LogP contribution >= 0.6 is 0 Å². The van der Waals surface area contributed by atoms with Crippen LogP contribution in [0.15, 0.2) is 62.9 Å². The van der Waals surface area contributed by atoms with Crippen molar-refractivity contribution in [2.45, 2.75) is 37.6 Å². The Balaban J connectivity index is 1.90. The third-order valence-corrected chi connectivity index (χ3v) is 5.70. The zero-order chi connectivity index (χ0) is 23.5. The number of nitro groups is 1. The molecule has 0 fully saturated rings. The third kappa shape index (κ3) is 5.55. The van der Waals surface area contributed by atoms with Gasteiger partial charge in [-0.1, -0.05) is 12.1 Å². The van der Waals surface area contributed by atoms with Gasteiger partial charge in [-0.15, -0.1) is 4.40 Å².